The summed E-state index contributed by atoms with van der Waals surface area (Å²) in [5.41, 5.74) is 2.35. The summed E-state index contributed by atoms with van der Waals surface area (Å²) in [5.74, 6) is -0.0903. The minimum atomic E-state index is -1.13. The van der Waals surface area contributed by atoms with Crippen molar-refractivity contribution in [3.63, 3.8) is 0 Å². The highest BCUT2D eigenvalue weighted by molar-refractivity contribution is 6.30. The Hall–Kier alpha value is -2.73. The van der Waals surface area contributed by atoms with Crippen LogP contribution in [0, 0.1) is 0 Å². The molecule has 1 atom stereocenters. The van der Waals surface area contributed by atoms with E-state index in [0.717, 1.165) is 17.7 Å². The SMILES string of the molecule is CCC1COc2cc(CNC(=O)c3ccc(Cl)cc3OCC(=O)O)ccc21. The van der Waals surface area contributed by atoms with Crippen LogP contribution in [0.15, 0.2) is 36.4 Å². The van der Waals surface area contributed by atoms with Gasteiger partial charge in [0.15, 0.2) is 6.61 Å². The summed E-state index contributed by atoms with van der Waals surface area (Å²) in [7, 11) is 0. The fraction of sp³-hybridized carbons (Fsp3) is 0.300. The lowest BCUT2D eigenvalue weighted by molar-refractivity contribution is -0.139. The lowest BCUT2D eigenvalue weighted by Crippen LogP contribution is -2.24. The predicted octanol–water partition coefficient (Wildman–Crippen LogP) is 3.62. The maximum atomic E-state index is 12.5. The molecule has 0 radical (unpaired) electrons. The summed E-state index contributed by atoms with van der Waals surface area (Å²) in [6, 6.07) is 10.4. The maximum absolute atomic E-state index is 12.5. The van der Waals surface area contributed by atoms with Crippen molar-refractivity contribution in [2.45, 2.75) is 25.8 Å². The molecule has 7 heteroatoms. The molecule has 0 saturated carbocycles. The summed E-state index contributed by atoms with van der Waals surface area (Å²) in [5, 5.41) is 11.9. The van der Waals surface area contributed by atoms with Gasteiger partial charge in [0.1, 0.15) is 11.5 Å². The number of rotatable bonds is 7. The quantitative estimate of drug-likeness (QED) is 0.755. The van der Waals surface area contributed by atoms with E-state index >= 15 is 0 Å². The molecule has 1 aliphatic rings. The summed E-state index contributed by atoms with van der Waals surface area (Å²) in [4.78, 5) is 23.2. The van der Waals surface area contributed by atoms with Crippen molar-refractivity contribution in [1.29, 1.82) is 0 Å². The van der Waals surface area contributed by atoms with Gasteiger partial charge in [0.05, 0.1) is 12.2 Å². The van der Waals surface area contributed by atoms with Gasteiger partial charge in [-0.2, -0.15) is 0 Å². The molecule has 0 bridgehead atoms. The first-order valence-electron chi connectivity index (χ1n) is 8.66. The molecule has 2 N–H and O–H groups in total. The van der Waals surface area contributed by atoms with Crippen molar-refractivity contribution >= 4 is 23.5 Å². The molecular formula is C20H20ClNO5. The van der Waals surface area contributed by atoms with Gasteiger partial charge in [-0.05, 0) is 36.2 Å². The largest absolute Gasteiger partial charge is 0.493 e. The monoisotopic (exact) mass is 389 g/mol. The minimum absolute atomic E-state index is 0.130. The molecule has 0 fully saturated rings. The molecule has 6 nitrogen and oxygen atoms in total. The Labute approximate surface area is 162 Å². The van der Waals surface area contributed by atoms with E-state index in [4.69, 9.17) is 26.2 Å². The van der Waals surface area contributed by atoms with E-state index in [0.29, 0.717) is 24.1 Å². The molecule has 1 aliphatic heterocycles. The Morgan fingerprint density at radius 3 is 2.85 bits per heavy atom. The number of fused-ring (bicyclic) bond motifs is 1. The number of benzene rings is 2. The average Bonchev–Trinajstić information content (AvgIpc) is 3.06. The molecule has 1 amide bonds. The minimum Gasteiger partial charge on any atom is -0.493 e. The Balaban J connectivity index is 1.69. The van der Waals surface area contributed by atoms with Crippen LogP contribution in [0.5, 0.6) is 11.5 Å². The van der Waals surface area contributed by atoms with Crippen molar-refractivity contribution in [3.8, 4) is 11.5 Å². The summed E-state index contributed by atoms with van der Waals surface area (Å²) in [6.45, 7) is 2.58. The lowest BCUT2D eigenvalue weighted by Gasteiger charge is -2.12. The van der Waals surface area contributed by atoms with Crippen LogP contribution in [-0.4, -0.2) is 30.2 Å². The fourth-order valence-electron chi connectivity index (χ4n) is 2.99. The zero-order valence-corrected chi connectivity index (χ0v) is 15.6. The number of amides is 1. The number of ether oxygens (including phenoxy) is 2. The number of halogens is 1. The molecule has 3 rings (SSSR count). The second kappa shape index (κ2) is 8.31. The van der Waals surface area contributed by atoms with Gasteiger partial charge < -0.3 is 19.9 Å². The Bertz CT molecular complexity index is 867. The van der Waals surface area contributed by atoms with Gasteiger partial charge in [-0.3, -0.25) is 4.79 Å². The highest BCUT2D eigenvalue weighted by atomic mass is 35.5. The highest BCUT2D eigenvalue weighted by Gasteiger charge is 2.22. The van der Waals surface area contributed by atoms with Crippen LogP contribution in [0.2, 0.25) is 5.02 Å². The number of aliphatic carboxylic acids is 1. The zero-order chi connectivity index (χ0) is 19.4. The van der Waals surface area contributed by atoms with Gasteiger partial charge >= 0.3 is 5.97 Å². The summed E-state index contributed by atoms with van der Waals surface area (Å²) < 4.78 is 10.9. The number of carbonyl (C=O) groups excluding carboxylic acids is 1. The second-order valence-corrected chi connectivity index (χ2v) is 6.73. The molecule has 0 spiro atoms. The van der Waals surface area contributed by atoms with E-state index in [2.05, 4.69) is 12.2 Å². The molecule has 2 aromatic rings. The van der Waals surface area contributed by atoms with Gasteiger partial charge in [0.2, 0.25) is 0 Å². The summed E-state index contributed by atoms with van der Waals surface area (Å²) >= 11 is 5.91. The molecule has 0 aromatic heterocycles. The van der Waals surface area contributed by atoms with E-state index in [1.807, 2.05) is 18.2 Å². The van der Waals surface area contributed by atoms with E-state index in [9.17, 15) is 9.59 Å². The van der Waals surface area contributed by atoms with Crippen molar-refractivity contribution < 1.29 is 24.2 Å². The molecule has 27 heavy (non-hydrogen) atoms. The first-order chi connectivity index (χ1) is 13.0. The number of hydrogen-bond acceptors (Lipinski definition) is 4. The predicted molar refractivity (Wildman–Crippen MR) is 101 cm³/mol. The van der Waals surface area contributed by atoms with Crippen LogP contribution < -0.4 is 14.8 Å². The number of hydrogen-bond donors (Lipinski definition) is 2. The van der Waals surface area contributed by atoms with Crippen molar-refractivity contribution in [3.05, 3.63) is 58.1 Å². The smallest absolute Gasteiger partial charge is 0.341 e. The van der Waals surface area contributed by atoms with Crippen LogP contribution in [0.3, 0.4) is 0 Å². The lowest BCUT2D eigenvalue weighted by atomic mass is 9.98. The van der Waals surface area contributed by atoms with Gasteiger partial charge in [-0.1, -0.05) is 30.7 Å². The number of carboxylic acid groups (broad SMARTS) is 1. The summed E-state index contributed by atoms with van der Waals surface area (Å²) in [6.07, 6.45) is 1.03. The highest BCUT2D eigenvalue weighted by Crippen LogP contribution is 2.36. The number of carboxylic acids is 1. The van der Waals surface area contributed by atoms with E-state index in [1.54, 1.807) is 6.07 Å². The molecule has 2 aromatic carbocycles. The number of nitrogens with one attached hydrogen (secondary N) is 1. The third kappa shape index (κ3) is 4.52. The maximum Gasteiger partial charge on any atom is 0.341 e. The third-order valence-electron chi connectivity index (χ3n) is 4.44. The van der Waals surface area contributed by atoms with E-state index < -0.39 is 12.6 Å². The normalized spacial score (nSPS) is 15.0. The molecule has 1 unspecified atom stereocenters. The first-order valence-corrected chi connectivity index (χ1v) is 9.03. The topological polar surface area (TPSA) is 84.9 Å². The van der Waals surface area contributed by atoms with Crippen LogP contribution in [0.25, 0.3) is 0 Å². The first kappa shape index (κ1) is 19.0. The van der Waals surface area contributed by atoms with Crippen LogP contribution in [0.1, 0.15) is 40.7 Å². The Kier molecular flexibility index (Phi) is 5.86. The molecular weight excluding hydrogens is 370 g/mol. The average molecular weight is 390 g/mol. The van der Waals surface area contributed by atoms with Gasteiger partial charge in [-0.25, -0.2) is 4.79 Å². The number of carbonyl (C=O) groups is 2. The standard InChI is InChI=1S/C20H20ClNO5/c1-2-13-10-26-17-7-12(3-5-15(13)17)9-22-20(25)16-6-4-14(21)8-18(16)27-11-19(23)24/h3-8,13H,2,9-11H2,1H3,(H,22,25)(H,23,24). The molecule has 1 heterocycles. The van der Waals surface area contributed by atoms with Gasteiger partial charge in [0, 0.05) is 23.0 Å². The zero-order valence-electron chi connectivity index (χ0n) is 14.8. The van der Waals surface area contributed by atoms with Crippen LogP contribution >= 0.6 is 11.6 Å². The van der Waals surface area contributed by atoms with Crippen LogP contribution in [-0.2, 0) is 11.3 Å². The van der Waals surface area contributed by atoms with Gasteiger partial charge in [0.25, 0.3) is 5.91 Å². The third-order valence-corrected chi connectivity index (χ3v) is 4.68. The van der Waals surface area contributed by atoms with Gasteiger partial charge in [-0.15, -0.1) is 0 Å². The Morgan fingerprint density at radius 2 is 2.11 bits per heavy atom. The van der Waals surface area contributed by atoms with Crippen LogP contribution in [0.4, 0.5) is 0 Å². The molecule has 0 aliphatic carbocycles. The fourth-order valence-corrected chi connectivity index (χ4v) is 3.15. The van der Waals surface area contributed by atoms with E-state index in [-0.39, 0.29) is 17.2 Å². The van der Waals surface area contributed by atoms with Crippen molar-refractivity contribution in [1.82, 2.24) is 5.32 Å². The molecule has 142 valence electrons. The van der Waals surface area contributed by atoms with Crippen molar-refractivity contribution in [2.75, 3.05) is 13.2 Å². The second-order valence-electron chi connectivity index (χ2n) is 6.29. The van der Waals surface area contributed by atoms with Crippen molar-refractivity contribution in [2.24, 2.45) is 0 Å². The van der Waals surface area contributed by atoms with E-state index in [1.165, 1.54) is 17.7 Å². The Morgan fingerprint density at radius 1 is 1.30 bits per heavy atom. The molecule has 0 saturated heterocycles.